The van der Waals surface area contributed by atoms with Gasteiger partial charge < -0.3 is 10.6 Å². The minimum atomic E-state index is -0.297. The van der Waals surface area contributed by atoms with Crippen molar-refractivity contribution >= 4 is 28.7 Å². The summed E-state index contributed by atoms with van der Waals surface area (Å²) in [6.45, 7) is 1.88. The molecule has 0 spiro atoms. The zero-order valence-corrected chi connectivity index (χ0v) is 11.5. The number of hydrogen-bond donors (Lipinski definition) is 1. The van der Waals surface area contributed by atoms with E-state index in [0.29, 0.717) is 17.1 Å². The summed E-state index contributed by atoms with van der Waals surface area (Å²) < 4.78 is 13.3. The number of pyridine rings is 1. The van der Waals surface area contributed by atoms with Gasteiger partial charge >= 0.3 is 0 Å². The maximum atomic E-state index is 13.3. The Morgan fingerprint density at radius 1 is 1.32 bits per heavy atom. The lowest BCUT2D eigenvalue weighted by atomic mass is 10.2. The number of benzene rings is 1. The van der Waals surface area contributed by atoms with Crippen LogP contribution in [0.1, 0.15) is 11.3 Å². The number of aromatic nitrogens is 1. The summed E-state index contributed by atoms with van der Waals surface area (Å²) in [4.78, 5) is 6.47. The minimum absolute atomic E-state index is 0.269. The Kier molecular flexibility index (Phi) is 3.76. The first-order valence-electron chi connectivity index (χ1n) is 5.76. The lowest BCUT2D eigenvalue weighted by molar-refractivity contribution is 0.628. The first-order chi connectivity index (χ1) is 8.99. The number of anilines is 2. The Morgan fingerprint density at radius 2 is 2.05 bits per heavy atom. The van der Waals surface area contributed by atoms with E-state index in [2.05, 4.69) is 4.98 Å². The fourth-order valence-corrected chi connectivity index (χ4v) is 1.96. The summed E-state index contributed by atoms with van der Waals surface area (Å²) in [6.07, 6.45) is 0. The SMILES string of the molecule is Cc1ccc(C(N)=S)c(N(C)c2cccc(F)c2)n1. The third kappa shape index (κ3) is 2.88. The van der Waals surface area contributed by atoms with Crippen LogP contribution in [-0.2, 0) is 0 Å². The predicted octanol–water partition coefficient (Wildman–Crippen LogP) is 2.93. The highest BCUT2D eigenvalue weighted by atomic mass is 32.1. The van der Waals surface area contributed by atoms with Crippen LogP contribution in [0.25, 0.3) is 0 Å². The molecule has 3 nitrogen and oxygen atoms in total. The predicted molar refractivity (Wildman–Crippen MR) is 79.3 cm³/mol. The van der Waals surface area contributed by atoms with Gasteiger partial charge in [-0.25, -0.2) is 9.37 Å². The lowest BCUT2D eigenvalue weighted by Gasteiger charge is -2.21. The van der Waals surface area contributed by atoms with Crippen molar-refractivity contribution in [2.45, 2.75) is 6.92 Å². The molecule has 98 valence electrons. The normalized spacial score (nSPS) is 10.3. The number of aryl methyl sites for hydroxylation is 1. The third-order valence-electron chi connectivity index (χ3n) is 2.79. The van der Waals surface area contributed by atoms with Gasteiger partial charge in [0.25, 0.3) is 0 Å². The Hall–Kier alpha value is -2.01. The Labute approximate surface area is 116 Å². The first kappa shape index (κ1) is 13.4. The number of thiocarbonyl (C=S) groups is 1. The monoisotopic (exact) mass is 275 g/mol. The average Bonchev–Trinajstić information content (AvgIpc) is 2.37. The maximum Gasteiger partial charge on any atom is 0.143 e. The molecule has 0 unspecified atom stereocenters. The van der Waals surface area contributed by atoms with Crippen LogP contribution in [0.4, 0.5) is 15.9 Å². The largest absolute Gasteiger partial charge is 0.389 e. The van der Waals surface area contributed by atoms with E-state index < -0.39 is 0 Å². The van der Waals surface area contributed by atoms with Crippen molar-refractivity contribution in [1.82, 2.24) is 4.98 Å². The molecule has 1 heterocycles. The van der Waals surface area contributed by atoms with Crippen LogP contribution in [0.2, 0.25) is 0 Å². The van der Waals surface area contributed by atoms with E-state index in [-0.39, 0.29) is 10.8 Å². The maximum absolute atomic E-state index is 13.3. The second-order valence-electron chi connectivity index (χ2n) is 4.23. The molecule has 19 heavy (non-hydrogen) atoms. The second kappa shape index (κ2) is 5.32. The van der Waals surface area contributed by atoms with Gasteiger partial charge in [-0.3, -0.25) is 0 Å². The topological polar surface area (TPSA) is 42.1 Å². The van der Waals surface area contributed by atoms with Crippen molar-refractivity contribution < 1.29 is 4.39 Å². The lowest BCUT2D eigenvalue weighted by Crippen LogP contribution is -2.19. The van der Waals surface area contributed by atoms with Crippen LogP contribution < -0.4 is 10.6 Å². The summed E-state index contributed by atoms with van der Waals surface area (Å²) in [5, 5.41) is 0. The summed E-state index contributed by atoms with van der Waals surface area (Å²) >= 11 is 5.02. The first-order valence-corrected chi connectivity index (χ1v) is 6.16. The molecule has 2 aromatic rings. The molecule has 0 amide bonds. The molecule has 0 saturated carbocycles. The summed E-state index contributed by atoms with van der Waals surface area (Å²) in [5.41, 5.74) is 7.91. The van der Waals surface area contributed by atoms with Crippen LogP contribution in [0, 0.1) is 12.7 Å². The Bertz CT molecular complexity index is 628. The second-order valence-corrected chi connectivity index (χ2v) is 4.67. The van der Waals surface area contributed by atoms with Gasteiger partial charge in [0.1, 0.15) is 16.6 Å². The van der Waals surface area contributed by atoms with Crippen LogP contribution in [0.5, 0.6) is 0 Å². The van der Waals surface area contributed by atoms with Crippen LogP contribution in [0.3, 0.4) is 0 Å². The van der Waals surface area contributed by atoms with E-state index in [4.69, 9.17) is 18.0 Å². The standard InChI is InChI=1S/C14H14FN3S/c1-9-6-7-12(13(16)19)14(17-9)18(2)11-5-3-4-10(15)8-11/h3-8H,1-2H3,(H2,16,19). The van der Waals surface area contributed by atoms with Crippen LogP contribution in [-0.4, -0.2) is 17.0 Å². The number of halogens is 1. The highest BCUT2D eigenvalue weighted by molar-refractivity contribution is 7.80. The molecule has 0 aliphatic rings. The highest BCUT2D eigenvalue weighted by Crippen LogP contribution is 2.26. The number of rotatable bonds is 3. The molecule has 2 rings (SSSR count). The van der Waals surface area contributed by atoms with E-state index in [1.807, 2.05) is 19.1 Å². The third-order valence-corrected chi connectivity index (χ3v) is 3.01. The molecule has 0 saturated heterocycles. The fourth-order valence-electron chi connectivity index (χ4n) is 1.80. The number of nitrogens with zero attached hydrogens (tertiary/aromatic N) is 2. The fraction of sp³-hybridized carbons (Fsp3) is 0.143. The van der Waals surface area contributed by atoms with Crippen molar-refractivity contribution in [3.8, 4) is 0 Å². The Morgan fingerprint density at radius 3 is 2.68 bits per heavy atom. The zero-order chi connectivity index (χ0) is 14.0. The molecule has 0 bridgehead atoms. The molecule has 1 aromatic heterocycles. The number of hydrogen-bond acceptors (Lipinski definition) is 3. The van der Waals surface area contributed by atoms with E-state index in [0.717, 1.165) is 5.69 Å². The molecule has 1 aromatic carbocycles. The van der Waals surface area contributed by atoms with Crippen molar-refractivity contribution in [1.29, 1.82) is 0 Å². The van der Waals surface area contributed by atoms with Gasteiger partial charge in [0.05, 0.1) is 5.56 Å². The van der Waals surface area contributed by atoms with Crippen molar-refractivity contribution in [3.63, 3.8) is 0 Å². The molecule has 0 atom stereocenters. The van der Waals surface area contributed by atoms with E-state index >= 15 is 0 Å². The molecular formula is C14H14FN3S. The molecule has 0 fully saturated rings. The van der Waals surface area contributed by atoms with Gasteiger partial charge in [0.15, 0.2) is 0 Å². The van der Waals surface area contributed by atoms with Crippen molar-refractivity contribution in [3.05, 3.63) is 53.5 Å². The number of nitrogens with two attached hydrogens (primary N) is 1. The molecular weight excluding hydrogens is 261 g/mol. The van der Waals surface area contributed by atoms with Gasteiger partial charge in [0, 0.05) is 18.4 Å². The summed E-state index contributed by atoms with van der Waals surface area (Å²) in [6, 6.07) is 9.96. The summed E-state index contributed by atoms with van der Waals surface area (Å²) in [5.74, 6) is 0.326. The molecule has 0 aliphatic heterocycles. The van der Waals surface area contributed by atoms with Crippen molar-refractivity contribution in [2.75, 3.05) is 11.9 Å². The zero-order valence-electron chi connectivity index (χ0n) is 10.7. The van der Waals surface area contributed by atoms with Gasteiger partial charge in [-0.2, -0.15) is 0 Å². The van der Waals surface area contributed by atoms with E-state index in [9.17, 15) is 4.39 Å². The van der Waals surface area contributed by atoms with Gasteiger partial charge in [-0.05, 0) is 37.3 Å². The minimum Gasteiger partial charge on any atom is -0.389 e. The quantitative estimate of drug-likeness (QED) is 0.875. The van der Waals surface area contributed by atoms with E-state index in [1.54, 1.807) is 24.1 Å². The Balaban J connectivity index is 2.51. The molecule has 2 N–H and O–H groups in total. The van der Waals surface area contributed by atoms with Crippen molar-refractivity contribution in [2.24, 2.45) is 5.73 Å². The van der Waals surface area contributed by atoms with Gasteiger partial charge in [0.2, 0.25) is 0 Å². The molecule has 0 radical (unpaired) electrons. The molecule has 0 aliphatic carbocycles. The summed E-state index contributed by atoms with van der Waals surface area (Å²) in [7, 11) is 1.80. The smallest absolute Gasteiger partial charge is 0.143 e. The highest BCUT2D eigenvalue weighted by Gasteiger charge is 2.13. The van der Waals surface area contributed by atoms with E-state index in [1.165, 1.54) is 12.1 Å². The van der Waals surface area contributed by atoms with Gasteiger partial charge in [-0.1, -0.05) is 18.3 Å². The molecule has 5 heteroatoms. The van der Waals surface area contributed by atoms with Gasteiger partial charge in [-0.15, -0.1) is 0 Å². The van der Waals surface area contributed by atoms with Crippen LogP contribution in [0.15, 0.2) is 36.4 Å². The van der Waals surface area contributed by atoms with Crippen LogP contribution >= 0.6 is 12.2 Å². The average molecular weight is 275 g/mol.